The molecule has 1 unspecified atom stereocenters. The van der Waals surface area contributed by atoms with Crippen LogP contribution in [0.4, 0.5) is 0 Å². The summed E-state index contributed by atoms with van der Waals surface area (Å²) in [6.07, 6.45) is 0.928. The molecule has 21 heavy (non-hydrogen) atoms. The van der Waals surface area contributed by atoms with E-state index in [4.69, 9.17) is 16.3 Å². The molecule has 110 valence electrons. The minimum Gasteiger partial charge on any atom is -0.487 e. The van der Waals surface area contributed by atoms with E-state index in [9.17, 15) is 0 Å². The molecule has 1 nitrogen and oxygen atoms in total. The second-order valence-electron chi connectivity index (χ2n) is 6.28. The molecular weight excluding hydrogens is 348 g/mol. The van der Waals surface area contributed by atoms with Crippen molar-refractivity contribution in [3.63, 3.8) is 0 Å². The third-order valence-electron chi connectivity index (χ3n) is 3.87. The smallest absolute Gasteiger partial charge is 0.123 e. The quantitative estimate of drug-likeness (QED) is 0.611. The summed E-state index contributed by atoms with van der Waals surface area (Å²) in [6.45, 7) is 6.30. The van der Waals surface area contributed by atoms with Gasteiger partial charge in [0.05, 0.1) is 5.38 Å². The maximum absolute atomic E-state index is 6.67. The molecular formula is C18H18BrClO. The molecule has 3 rings (SSSR count). The molecule has 0 saturated heterocycles. The first-order valence-electron chi connectivity index (χ1n) is 7.08. The zero-order chi connectivity index (χ0) is 15.2. The van der Waals surface area contributed by atoms with Crippen LogP contribution in [-0.2, 0) is 6.42 Å². The Bertz CT molecular complexity index is 694. The van der Waals surface area contributed by atoms with Gasteiger partial charge in [0.1, 0.15) is 11.4 Å². The van der Waals surface area contributed by atoms with E-state index >= 15 is 0 Å². The number of ether oxygens (including phenoxy) is 1. The fourth-order valence-electron chi connectivity index (χ4n) is 2.75. The molecule has 0 spiro atoms. The minimum atomic E-state index is -0.143. The summed E-state index contributed by atoms with van der Waals surface area (Å²) in [5.74, 6) is 0.984. The normalized spacial score (nSPS) is 17.2. The average molecular weight is 366 g/mol. The molecule has 0 saturated carbocycles. The van der Waals surface area contributed by atoms with Gasteiger partial charge in [0, 0.05) is 10.9 Å². The van der Waals surface area contributed by atoms with Gasteiger partial charge >= 0.3 is 0 Å². The Labute approximate surface area is 139 Å². The van der Waals surface area contributed by atoms with Crippen LogP contribution in [0, 0.1) is 6.92 Å². The van der Waals surface area contributed by atoms with E-state index in [1.165, 1.54) is 11.1 Å². The van der Waals surface area contributed by atoms with Crippen LogP contribution in [0.1, 0.15) is 41.5 Å². The molecule has 0 aromatic heterocycles. The van der Waals surface area contributed by atoms with Crippen molar-refractivity contribution in [2.75, 3.05) is 0 Å². The molecule has 1 aliphatic rings. The Hall–Kier alpha value is -0.990. The molecule has 0 N–H and O–H groups in total. The first-order valence-corrected chi connectivity index (χ1v) is 8.31. The lowest BCUT2D eigenvalue weighted by molar-refractivity contribution is 0.138. The fourth-order valence-corrected chi connectivity index (χ4v) is 3.41. The number of aryl methyl sites for hydroxylation is 1. The fraction of sp³-hybridized carbons (Fsp3) is 0.333. The lowest BCUT2D eigenvalue weighted by Gasteiger charge is -2.16. The van der Waals surface area contributed by atoms with Gasteiger partial charge in [-0.15, -0.1) is 11.6 Å². The number of rotatable bonds is 2. The lowest BCUT2D eigenvalue weighted by Crippen LogP contribution is -2.24. The Morgan fingerprint density at radius 3 is 2.52 bits per heavy atom. The first-order chi connectivity index (χ1) is 9.85. The van der Waals surface area contributed by atoms with E-state index < -0.39 is 0 Å². The molecule has 1 atom stereocenters. The molecule has 3 heteroatoms. The van der Waals surface area contributed by atoms with E-state index in [2.05, 4.69) is 67.0 Å². The third-order valence-corrected chi connectivity index (χ3v) is 5.23. The average Bonchev–Trinajstić information content (AvgIpc) is 2.73. The van der Waals surface area contributed by atoms with Crippen molar-refractivity contribution in [1.29, 1.82) is 0 Å². The van der Waals surface area contributed by atoms with Gasteiger partial charge in [-0.25, -0.2) is 0 Å². The molecule has 1 heterocycles. The van der Waals surface area contributed by atoms with E-state index in [1.54, 1.807) is 0 Å². The van der Waals surface area contributed by atoms with Gasteiger partial charge in [-0.1, -0.05) is 40.2 Å². The van der Waals surface area contributed by atoms with Gasteiger partial charge in [-0.05, 0) is 55.2 Å². The predicted octanol–water partition coefficient (Wildman–Crippen LogP) is 5.80. The summed E-state index contributed by atoms with van der Waals surface area (Å²) in [4.78, 5) is 0. The van der Waals surface area contributed by atoms with E-state index in [0.717, 1.165) is 27.8 Å². The van der Waals surface area contributed by atoms with Crippen molar-refractivity contribution >= 4 is 27.5 Å². The van der Waals surface area contributed by atoms with Crippen LogP contribution in [-0.4, -0.2) is 5.60 Å². The first kappa shape index (κ1) is 14.9. The van der Waals surface area contributed by atoms with Crippen LogP contribution in [0.5, 0.6) is 5.75 Å². The van der Waals surface area contributed by atoms with E-state index in [0.29, 0.717) is 0 Å². The molecule has 0 aliphatic carbocycles. The highest BCUT2D eigenvalue weighted by Gasteiger charge is 2.30. The van der Waals surface area contributed by atoms with Crippen LogP contribution in [0.3, 0.4) is 0 Å². The number of hydrogen-bond donors (Lipinski definition) is 0. The molecule has 0 bridgehead atoms. The molecule has 0 radical (unpaired) electrons. The zero-order valence-electron chi connectivity index (χ0n) is 12.4. The molecule has 2 aromatic rings. The zero-order valence-corrected chi connectivity index (χ0v) is 14.8. The second kappa shape index (κ2) is 5.33. The van der Waals surface area contributed by atoms with Crippen molar-refractivity contribution in [3.8, 4) is 5.75 Å². The van der Waals surface area contributed by atoms with Crippen molar-refractivity contribution in [1.82, 2.24) is 0 Å². The largest absolute Gasteiger partial charge is 0.487 e. The third kappa shape index (κ3) is 2.97. The summed E-state index contributed by atoms with van der Waals surface area (Å²) in [5.41, 5.74) is 4.57. The maximum atomic E-state index is 6.67. The highest BCUT2D eigenvalue weighted by molar-refractivity contribution is 9.10. The summed E-state index contributed by atoms with van der Waals surface area (Å²) < 4.78 is 7.01. The number of halogens is 2. The number of benzene rings is 2. The van der Waals surface area contributed by atoms with Crippen LogP contribution < -0.4 is 4.74 Å². The topological polar surface area (TPSA) is 9.23 Å². The van der Waals surface area contributed by atoms with Gasteiger partial charge in [0.2, 0.25) is 0 Å². The van der Waals surface area contributed by atoms with Crippen LogP contribution in [0.2, 0.25) is 0 Å². The van der Waals surface area contributed by atoms with E-state index in [-0.39, 0.29) is 11.0 Å². The molecule has 0 amide bonds. The molecule has 0 fully saturated rings. The van der Waals surface area contributed by atoms with Crippen molar-refractivity contribution in [2.45, 2.75) is 38.2 Å². The second-order valence-corrected chi connectivity index (χ2v) is 7.57. The minimum absolute atomic E-state index is 0.115. The van der Waals surface area contributed by atoms with Gasteiger partial charge in [-0.2, -0.15) is 0 Å². The predicted molar refractivity (Wildman–Crippen MR) is 91.4 cm³/mol. The van der Waals surface area contributed by atoms with Gasteiger partial charge in [-0.3, -0.25) is 0 Å². The summed E-state index contributed by atoms with van der Waals surface area (Å²) >= 11 is 10.2. The number of alkyl halides is 1. The Morgan fingerprint density at radius 2 is 1.81 bits per heavy atom. The van der Waals surface area contributed by atoms with Crippen molar-refractivity contribution < 1.29 is 4.74 Å². The standard InChI is InChI=1S/C18H18BrClO/c1-11-4-5-13(9-15(11)19)17(20)12-6-7-16-14(8-12)10-18(2,3)21-16/h4-9,17H,10H2,1-3H3. The Morgan fingerprint density at radius 1 is 1.14 bits per heavy atom. The molecule has 1 aliphatic heterocycles. The Kier molecular flexibility index (Phi) is 3.79. The van der Waals surface area contributed by atoms with Crippen LogP contribution in [0.15, 0.2) is 40.9 Å². The summed E-state index contributed by atoms with van der Waals surface area (Å²) in [5, 5.41) is -0.143. The SMILES string of the molecule is Cc1ccc(C(Cl)c2ccc3c(c2)CC(C)(C)O3)cc1Br. The number of fused-ring (bicyclic) bond motifs is 1. The van der Waals surface area contributed by atoms with Gasteiger partial charge < -0.3 is 4.74 Å². The maximum Gasteiger partial charge on any atom is 0.123 e. The highest BCUT2D eigenvalue weighted by atomic mass is 79.9. The van der Waals surface area contributed by atoms with Gasteiger partial charge in [0.25, 0.3) is 0 Å². The van der Waals surface area contributed by atoms with Gasteiger partial charge in [0.15, 0.2) is 0 Å². The molecule has 2 aromatic carbocycles. The summed E-state index contributed by atoms with van der Waals surface area (Å²) in [7, 11) is 0. The van der Waals surface area contributed by atoms with Crippen LogP contribution in [0.25, 0.3) is 0 Å². The number of hydrogen-bond acceptors (Lipinski definition) is 1. The lowest BCUT2D eigenvalue weighted by atomic mass is 9.97. The van der Waals surface area contributed by atoms with Crippen molar-refractivity contribution in [2.24, 2.45) is 0 Å². The highest BCUT2D eigenvalue weighted by Crippen LogP contribution is 2.39. The summed E-state index contributed by atoms with van der Waals surface area (Å²) in [6, 6.07) is 12.6. The van der Waals surface area contributed by atoms with Crippen molar-refractivity contribution in [3.05, 3.63) is 63.1 Å². The van der Waals surface area contributed by atoms with E-state index in [1.807, 2.05) is 6.07 Å². The van der Waals surface area contributed by atoms with Crippen LogP contribution >= 0.6 is 27.5 Å². The monoisotopic (exact) mass is 364 g/mol. The Balaban J connectivity index is 1.93.